The van der Waals surface area contributed by atoms with Gasteiger partial charge in [0, 0.05) is 35.6 Å². The first-order valence-corrected chi connectivity index (χ1v) is 6.87. The molecule has 0 radical (unpaired) electrons. The highest BCUT2D eigenvalue weighted by Gasteiger charge is 2.02. The Kier molecular flexibility index (Phi) is 3.13. The zero-order valence-corrected chi connectivity index (χ0v) is 11.1. The molecule has 1 aromatic carbocycles. The SMILES string of the molecule is Cc1nc(CNCc2cccc3[nH]ccc23)cs1. The zero-order chi connectivity index (χ0) is 12.4. The van der Waals surface area contributed by atoms with Gasteiger partial charge < -0.3 is 10.3 Å². The van der Waals surface area contributed by atoms with Crippen molar-refractivity contribution in [2.75, 3.05) is 0 Å². The summed E-state index contributed by atoms with van der Waals surface area (Å²) in [7, 11) is 0. The molecule has 2 aromatic heterocycles. The lowest BCUT2D eigenvalue weighted by molar-refractivity contribution is 0.685. The first-order valence-electron chi connectivity index (χ1n) is 5.99. The van der Waals surface area contributed by atoms with Crippen LogP contribution in [-0.4, -0.2) is 9.97 Å². The normalized spacial score (nSPS) is 11.2. The van der Waals surface area contributed by atoms with Crippen LogP contribution in [0.25, 0.3) is 10.9 Å². The number of rotatable bonds is 4. The molecule has 0 saturated carbocycles. The number of hydrogen-bond donors (Lipinski definition) is 2. The van der Waals surface area contributed by atoms with Gasteiger partial charge in [-0.2, -0.15) is 0 Å². The number of thiazole rings is 1. The van der Waals surface area contributed by atoms with Crippen molar-refractivity contribution in [3.8, 4) is 0 Å². The molecule has 3 aromatic rings. The number of hydrogen-bond acceptors (Lipinski definition) is 3. The van der Waals surface area contributed by atoms with Gasteiger partial charge in [-0.25, -0.2) is 4.98 Å². The highest BCUT2D eigenvalue weighted by Crippen LogP contribution is 2.17. The van der Waals surface area contributed by atoms with E-state index in [1.165, 1.54) is 16.5 Å². The number of nitrogens with zero attached hydrogens (tertiary/aromatic N) is 1. The van der Waals surface area contributed by atoms with Crippen LogP contribution in [0.2, 0.25) is 0 Å². The summed E-state index contributed by atoms with van der Waals surface area (Å²) in [6.45, 7) is 3.73. The molecule has 0 saturated heterocycles. The second-order valence-electron chi connectivity index (χ2n) is 4.32. The molecule has 0 amide bonds. The molecule has 4 heteroatoms. The van der Waals surface area contributed by atoms with Crippen molar-refractivity contribution < 1.29 is 0 Å². The maximum absolute atomic E-state index is 4.44. The van der Waals surface area contributed by atoms with Crippen molar-refractivity contribution in [3.63, 3.8) is 0 Å². The third kappa shape index (κ3) is 2.30. The molecule has 0 atom stereocenters. The molecular formula is C14H15N3S. The van der Waals surface area contributed by atoms with E-state index in [2.05, 4.69) is 44.9 Å². The Bertz CT molecular complexity index is 654. The number of H-pyrrole nitrogens is 1. The fraction of sp³-hybridized carbons (Fsp3) is 0.214. The predicted molar refractivity (Wildman–Crippen MR) is 75.7 cm³/mol. The molecule has 0 fully saturated rings. The van der Waals surface area contributed by atoms with E-state index in [0.29, 0.717) is 0 Å². The van der Waals surface area contributed by atoms with Crippen molar-refractivity contribution in [1.29, 1.82) is 0 Å². The molecule has 0 aliphatic carbocycles. The van der Waals surface area contributed by atoms with E-state index in [1.807, 2.05) is 13.1 Å². The monoisotopic (exact) mass is 257 g/mol. The van der Waals surface area contributed by atoms with Gasteiger partial charge >= 0.3 is 0 Å². The molecule has 2 heterocycles. The smallest absolute Gasteiger partial charge is 0.0897 e. The first-order chi connectivity index (χ1) is 8.83. The Morgan fingerprint density at radius 1 is 1.28 bits per heavy atom. The van der Waals surface area contributed by atoms with Crippen LogP contribution in [0.3, 0.4) is 0 Å². The maximum atomic E-state index is 4.44. The van der Waals surface area contributed by atoms with Crippen molar-refractivity contribution in [2.45, 2.75) is 20.0 Å². The van der Waals surface area contributed by atoms with Crippen LogP contribution < -0.4 is 5.32 Å². The molecule has 2 N–H and O–H groups in total. The van der Waals surface area contributed by atoms with E-state index in [1.54, 1.807) is 11.3 Å². The van der Waals surface area contributed by atoms with Crippen LogP contribution in [0.1, 0.15) is 16.3 Å². The van der Waals surface area contributed by atoms with Gasteiger partial charge in [0.25, 0.3) is 0 Å². The van der Waals surface area contributed by atoms with Crippen LogP contribution >= 0.6 is 11.3 Å². The minimum atomic E-state index is 0.825. The van der Waals surface area contributed by atoms with Crippen molar-refractivity contribution in [3.05, 3.63) is 52.1 Å². The molecule has 3 nitrogen and oxygen atoms in total. The van der Waals surface area contributed by atoms with Gasteiger partial charge in [0.15, 0.2) is 0 Å². The molecule has 92 valence electrons. The fourth-order valence-corrected chi connectivity index (χ4v) is 2.73. The van der Waals surface area contributed by atoms with E-state index in [4.69, 9.17) is 0 Å². The standard InChI is InChI=1S/C14H15N3S/c1-10-17-12(9-18-10)8-15-7-11-3-2-4-14-13(11)5-6-16-14/h2-6,9,15-16H,7-8H2,1H3. The van der Waals surface area contributed by atoms with Crippen molar-refractivity contribution in [1.82, 2.24) is 15.3 Å². The maximum Gasteiger partial charge on any atom is 0.0897 e. The summed E-state index contributed by atoms with van der Waals surface area (Å²) in [6, 6.07) is 8.47. The minimum Gasteiger partial charge on any atom is -0.361 e. The summed E-state index contributed by atoms with van der Waals surface area (Å²) >= 11 is 1.70. The largest absolute Gasteiger partial charge is 0.361 e. The Morgan fingerprint density at radius 3 is 3.06 bits per heavy atom. The Hall–Kier alpha value is -1.65. The van der Waals surface area contributed by atoms with Crippen LogP contribution in [0, 0.1) is 6.92 Å². The second-order valence-corrected chi connectivity index (χ2v) is 5.38. The zero-order valence-electron chi connectivity index (χ0n) is 10.2. The van der Waals surface area contributed by atoms with Gasteiger partial charge in [-0.05, 0) is 24.6 Å². The molecule has 0 spiro atoms. The van der Waals surface area contributed by atoms with Gasteiger partial charge in [0.2, 0.25) is 0 Å². The highest BCUT2D eigenvalue weighted by atomic mass is 32.1. The van der Waals surface area contributed by atoms with E-state index in [-0.39, 0.29) is 0 Å². The van der Waals surface area contributed by atoms with E-state index in [9.17, 15) is 0 Å². The molecule has 0 aliphatic rings. The van der Waals surface area contributed by atoms with Gasteiger partial charge in [-0.3, -0.25) is 0 Å². The first kappa shape index (κ1) is 11.4. The summed E-state index contributed by atoms with van der Waals surface area (Å²) in [5, 5.41) is 7.97. The minimum absolute atomic E-state index is 0.825. The van der Waals surface area contributed by atoms with E-state index >= 15 is 0 Å². The summed E-state index contributed by atoms with van der Waals surface area (Å²) in [5.41, 5.74) is 3.64. The molecule has 18 heavy (non-hydrogen) atoms. The van der Waals surface area contributed by atoms with Crippen LogP contribution in [-0.2, 0) is 13.1 Å². The summed E-state index contributed by atoms with van der Waals surface area (Å²) in [5.74, 6) is 0. The van der Waals surface area contributed by atoms with Gasteiger partial charge in [-0.1, -0.05) is 12.1 Å². The van der Waals surface area contributed by atoms with Crippen LogP contribution in [0.5, 0.6) is 0 Å². The average Bonchev–Trinajstić information content (AvgIpc) is 2.98. The number of aromatic amines is 1. The molecular weight excluding hydrogens is 242 g/mol. The fourth-order valence-electron chi connectivity index (χ4n) is 2.12. The van der Waals surface area contributed by atoms with Gasteiger partial charge in [0.1, 0.15) is 0 Å². The summed E-state index contributed by atoms with van der Waals surface area (Å²) in [4.78, 5) is 7.68. The van der Waals surface area contributed by atoms with Gasteiger partial charge in [-0.15, -0.1) is 11.3 Å². The quantitative estimate of drug-likeness (QED) is 0.753. The third-order valence-corrected chi connectivity index (χ3v) is 3.80. The van der Waals surface area contributed by atoms with E-state index in [0.717, 1.165) is 23.8 Å². The molecule has 0 aliphatic heterocycles. The summed E-state index contributed by atoms with van der Waals surface area (Å²) < 4.78 is 0. The Morgan fingerprint density at radius 2 is 2.22 bits per heavy atom. The average molecular weight is 257 g/mol. The molecule has 0 bridgehead atoms. The Balaban J connectivity index is 1.68. The highest BCUT2D eigenvalue weighted by molar-refractivity contribution is 7.09. The lowest BCUT2D eigenvalue weighted by atomic mass is 10.1. The lowest BCUT2D eigenvalue weighted by Crippen LogP contribution is -2.13. The lowest BCUT2D eigenvalue weighted by Gasteiger charge is -2.04. The number of fused-ring (bicyclic) bond motifs is 1. The van der Waals surface area contributed by atoms with Crippen molar-refractivity contribution in [2.24, 2.45) is 0 Å². The number of benzene rings is 1. The van der Waals surface area contributed by atoms with Crippen LogP contribution in [0.4, 0.5) is 0 Å². The van der Waals surface area contributed by atoms with Crippen molar-refractivity contribution >= 4 is 22.2 Å². The summed E-state index contributed by atoms with van der Waals surface area (Å²) in [6.07, 6.45) is 1.98. The predicted octanol–water partition coefficient (Wildman–Crippen LogP) is 3.22. The molecule has 0 unspecified atom stereocenters. The molecule has 3 rings (SSSR count). The number of aromatic nitrogens is 2. The number of nitrogens with one attached hydrogen (secondary N) is 2. The number of aryl methyl sites for hydroxylation is 1. The van der Waals surface area contributed by atoms with Crippen LogP contribution in [0.15, 0.2) is 35.8 Å². The second kappa shape index (κ2) is 4.92. The Labute approximate surface area is 110 Å². The topological polar surface area (TPSA) is 40.7 Å². The van der Waals surface area contributed by atoms with E-state index < -0.39 is 0 Å². The third-order valence-electron chi connectivity index (χ3n) is 2.97. The van der Waals surface area contributed by atoms with Gasteiger partial charge in [0.05, 0.1) is 10.7 Å².